The highest BCUT2D eigenvalue weighted by Crippen LogP contribution is 2.27. The molecule has 20 heavy (non-hydrogen) atoms. The number of anilines is 1. The Morgan fingerprint density at radius 1 is 1.30 bits per heavy atom. The van der Waals surface area contributed by atoms with Crippen molar-refractivity contribution < 1.29 is 0 Å². The van der Waals surface area contributed by atoms with Gasteiger partial charge >= 0.3 is 0 Å². The molecule has 3 rings (SSSR count). The second-order valence-electron chi connectivity index (χ2n) is 4.48. The van der Waals surface area contributed by atoms with Crippen molar-refractivity contribution in [1.82, 2.24) is 19.7 Å². The first kappa shape index (κ1) is 12.8. The van der Waals surface area contributed by atoms with E-state index in [1.807, 2.05) is 31.6 Å². The molecule has 0 aliphatic heterocycles. The molecule has 0 spiro atoms. The molecule has 0 saturated heterocycles. The van der Waals surface area contributed by atoms with Crippen LogP contribution in [-0.4, -0.2) is 19.7 Å². The van der Waals surface area contributed by atoms with Crippen LogP contribution in [0, 0.1) is 6.92 Å². The van der Waals surface area contributed by atoms with Crippen molar-refractivity contribution in [2.45, 2.75) is 6.92 Å². The lowest BCUT2D eigenvalue weighted by atomic mass is 10.2. The fraction of sp³-hybridized carbons (Fsp3) is 0.154. The van der Waals surface area contributed by atoms with E-state index in [-0.39, 0.29) is 0 Å². The summed E-state index contributed by atoms with van der Waals surface area (Å²) in [6.07, 6.45) is 3.68. The molecule has 102 valence electrons. The number of hydrogen-bond donors (Lipinski definition) is 2. The summed E-state index contributed by atoms with van der Waals surface area (Å²) in [4.78, 5) is 9.03. The summed E-state index contributed by atoms with van der Waals surface area (Å²) >= 11 is 1.63. The molecular formula is C13H14N6S. The van der Waals surface area contributed by atoms with Crippen LogP contribution in [0.5, 0.6) is 0 Å². The fourth-order valence-electron chi connectivity index (χ4n) is 1.93. The molecule has 0 saturated carbocycles. The third-order valence-corrected chi connectivity index (χ3v) is 3.83. The van der Waals surface area contributed by atoms with Crippen LogP contribution in [0.3, 0.4) is 0 Å². The maximum absolute atomic E-state index is 5.50. The lowest BCUT2D eigenvalue weighted by Crippen LogP contribution is -2.09. The molecule has 0 amide bonds. The number of nitrogen functional groups attached to an aromatic ring is 1. The molecule has 0 fully saturated rings. The van der Waals surface area contributed by atoms with Crippen LogP contribution in [0.25, 0.3) is 22.6 Å². The number of nitrogens with two attached hydrogens (primary N) is 1. The summed E-state index contributed by atoms with van der Waals surface area (Å²) in [7, 11) is 1.87. The average molecular weight is 286 g/mol. The summed E-state index contributed by atoms with van der Waals surface area (Å²) in [5.74, 6) is 6.75. The zero-order valence-electron chi connectivity index (χ0n) is 11.2. The molecule has 0 aliphatic rings. The summed E-state index contributed by atoms with van der Waals surface area (Å²) in [5.41, 5.74) is 6.49. The molecule has 0 bridgehead atoms. The maximum Gasteiger partial charge on any atom is 0.163 e. The van der Waals surface area contributed by atoms with Crippen molar-refractivity contribution in [2.75, 3.05) is 5.43 Å². The molecule has 0 aliphatic carbocycles. The molecule has 0 aromatic carbocycles. The fourth-order valence-corrected chi connectivity index (χ4v) is 2.76. The molecule has 0 radical (unpaired) electrons. The number of thiophene rings is 1. The van der Waals surface area contributed by atoms with E-state index in [1.165, 1.54) is 0 Å². The quantitative estimate of drug-likeness (QED) is 0.570. The first-order chi connectivity index (χ1) is 9.67. The van der Waals surface area contributed by atoms with Gasteiger partial charge in [0.15, 0.2) is 5.82 Å². The van der Waals surface area contributed by atoms with Crippen molar-refractivity contribution in [1.29, 1.82) is 0 Å². The Hall–Kier alpha value is -2.25. The van der Waals surface area contributed by atoms with Crippen LogP contribution in [0.2, 0.25) is 0 Å². The second kappa shape index (κ2) is 5.03. The number of rotatable bonds is 3. The lowest BCUT2D eigenvalue weighted by molar-refractivity contribution is 0.768. The molecule has 0 atom stereocenters. The van der Waals surface area contributed by atoms with Gasteiger partial charge in [0.2, 0.25) is 0 Å². The van der Waals surface area contributed by atoms with Gasteiger partial charge in [-0.3, -0.25) is 4.68 Å². The van der Waals surface area contributed by atoms with Gasteiger partial charge in [-0.2, -0.15) is 16.4 Å². The van der Waals surface area contributed by atoms with Gasteiger partial charge in [0, 0.05) is 35.8 Å². The minimum absolute atomic E-state index is 0.583. The van der Waals surface area contributed by atoms with Crippen molar-refractivity contribution in [3.8, 4) is 22.6 Å². The van der Waals surface area contributed by atoms with E-state index < -0.39 is 0 Å². The van der Waals surface area contributed by atoms with E-state index in [0.29, 0.717) is 11.6 Å². The minimum atomic E-state index is 0.583. The van der Waals surface area contributed by atoms with Gasteiger partial charge < -0.3 is 5.43 Å². The van der Waals surface area contributed by atoms with Gasteiger partial charge in [0.05, 0.1) is 11.9 Å². The Morgan fingerprint density at radius 3 is 2.75 bits per heavy atom. The number of hydrazine groups is 1. The largest absolute Gasteiger partial charge is 0.308 e. The first-order valence-electron chi connectivity index (χ1n) is 6.05. The number of aromatic nitrogens is 4. The third-order valence-electron chi connectivity index (χ3n) is 2.97. The maximum atomic E-state index is 5.50. The molecule has 3 N–H and O–H groups in total. The Kier molecular flexibility index (Phi) is 3.21. The highest BCUT2D eigenvalue weighted by atomic mass is 32.1. The molecule has 7 heteroatoms. The van der Waals surface area contributed by atoms with E-state index in [0.717, 1.165) is 22.4 Å². The highest BCUT2D eigenvalue weighted by molar-refractivity contribution is 7.08. The van der Waals surface area contributed by atoms with E-state index in [1.54, 1.807) is 22.2 Å². The highest BCUT2D eigenvalue weighted by Gasteiger charge is 2.11. The Bertz CT molecular complexity index is 745. The zero-order chi connectivity index (χ0) is 14.1. The second-order valence-corrected chi connectivity index (χ2v) is 5.22. The normalized spacial score (nSPS) is 10.8. The van der Waals surface area contributed by atoms with E-state index in [2.05, 4.69) is 25.9 Å². The first-order valence-corrected chi connectivity index (χ1v) is 6.99. The molecule has 3 aromatic heterocycles. The average Bonchev–Trinajstić information content (AvgIpc) is 3.07. The molecular weight excluding hydrogens is 272 g/mol. The van der Waals surface area contributed by atoms with Crippen LogP contribution in [0.4, 0.5) is 5.82 Å². The summed E-state index contributed by atoms with van der Waals surface area (Å²) in [6.45, 7) is 2.04. The monoisotopic (exact) mass is 286 g/mol. The smallest absolute Gasteiger partial charge is 0.163 e. The predicted octanol–water partition coefficient (Wildman–Crippen LogP) is 2.20. The van der Waals surface area contributed by atoms with Gasteiger partial charge in [-0.1, -0.05) is 0 Å². The van der Waals surface area contributed by atoms with Crippen molar-refractivity contribution >= 4 is 17.2 Å². The van der Waals surface area contributed by atoms with Gasteiger partial charge in [-0.05, 0) is 17.9 Å². The lowest BCUT2D eigenvalue weighted by Gasteiger charge is -2.06. The van der Waals surface area contributed by atoms with E-state index >= 15 is 0 Å². The van der Waals surface area contributed by atoms with Gasteiger partial charge in [0.25, 0.3) is 0 Å². The van der Waals surface area contributed by atoms with Gasteiger partial charge in [-0.15, -0.1) is 0 Å². The summed E-state index contributed by atoms with van der Waals surface area (Å²) in [6, 6.07) is 1.81. The van der Waals surface area contributed by atoms with Crippen molar-refractivity contribution in [3.63, 3.8) is 0 Å². The van der Waals surface area contributed by atoms with Crippen molar-refractivity contribution in [3.05, 3.63) is 34.8 Å². The molecule has 0 unspecified atom stereocenters. The molecule has 3 heterocycles. The molecule has 6 nitrogen and oxygen atoms in total. The number of hydrogen-bond acceptors (Lipinski definition) is 6. The summed E-state index contributed by atoms with van der Waals surface area (Å²) < 4.78 is 1.74. The van der Waals surface area contributed by atoms with Crippen LogP contribution in [0.15, 0.2) is 29.2 Å². The minimum Gasteiger partial charge on any atom is -0.308 e. The SMILES string of the molecule is Cc1cscc1-c1nc(NN)cc(-c2cnn(C)c2)n1. The van der Waals surface area contributed by atoms with E-state index in [4.69, 9.17) is 5.84 Å². The zero-order valence-corrected chi connectivity index (χ0v) is 12.0. The van der Waals surface area contributed by atoms with E-state index in [9.17, 15) is 0 Å². The van der Waals surface area contributed by atoms with Crippen LogP contribution in [0.1, 0.15) is 5.56 Å². The topological polar surface area (TPSA) is 81.6 Å². The Balaban J connectivity index is 2.15. The Morgan fingerprint density at radius 2 is 2.15 bits per heavy atom. The van der Waals surface area contributed by atoms with Gasteiger partial charge in [-0.25, -0.2) is 15.8 Å². The van der Waals surface area contributed by atoms with Crippen LogP contribution in [-0.2, 0) is 7.05 Å². The Labute approximate surface area is 120 Å². The summed E-state index contributed by atoms with van der Waals surface area (Å²) in [5, 5.41) is 8.28. The third kappa shape index (κ3) is 2.28. The van der Waals surface area contributed by atoms with Crippen LogP contribution >= 0.6 is 11.3 Å². The molecule has 3 aromatic rings. The van der Waals surface area contributed by atoms with Gasteiger partial charge in [0.1, 0.15) is 5.82 Å². The number of nitrogens with one attached hydrogen (secondary N) is 1. The standard InChI is InChI=1S/C13H14N6S/c1-8-6-20-7-10(8)13-16-11(3-12(17-13)18-14)9-4-15-19(2)5-9/h3-7H,14H2,1-2H3,(H,16,17,18). The van der Waals surface area contributed by atoms with Crippen LogP contribution < -0.4 is 11.3 Å². The van der Waals surface area contributed by atoms with Crippen molar-refractivity contribution in [2.24, 2.45) is 12.9 Å². The number of nitrogens with zero attached hydrogens (tertiary/aromatic N) is 4. The number of aryl methyl sites for hydroxylation is 2. The predicted molar refractivity (Wildman–Crippen MR) is 80.1 cm³/mol.